The summed E-state index contributed by atoms with van der Waals surface area (Å²) in [6, 6.07) is 10.2. The zero-order valence-corrected chi connectivity index (χ0v) is 13.4. The third kappa shape index (κ3) is 4.50. The Morgan fingerprint density at radius 3 is 2.25 bits per heavy atom. The molecule has 0 aliphatic carbocycles. The molecule has 1 heterocycles. The molecule has 2 rings (SSSR count). The Balaban J connectivity index is 1.82. The molecule has 0 atom stereocenters. The zero-order chi connectivity index (χ0) is 14.5. The molecule has 0 unspecified atom stereocenters. The minimum Gasteiger partial charge on any atom is -0.382 e. The first-order chi connectivity index (χ1) is 9.54. The van der Waals surface area contributed by atoms with Crippen LogP contribution < -0.4 is 5.32 Å². The van der Waals surface area contributed by atoms with Crippen molar-refractivity contribution in [2.75, 3.05) is 32.5 Å². The summed E-state index contributed by atoms with van der Waals surface area (Å²) >= 11 is 0. The number of anilines is 1. The summed E-state index contributed by atoms with van der Waals surface area (Å²) in [5, 5.41) is 3.68. The maximum absolute atomic E-state index is 3.68. The van der Waals surface area contributed by atoms with Crippen LogP contribution in [-0.2, 0) is 6.54 Å². The van der Waals surface area contributed by atoms with Gasteiger partial charge in [-0.25, -0.2) is 0 Å². The van der Waals surface area contributed by atoms with Crippen LogP contribution in [0.1, 0.15) is 32.3 Å². The number of likely N-dealkylation sites (tertiary alicyclic amines) is 1. The second-order valence-electron chi connectivity index (χ2n) is 6.48. The molecule has 1 saturated heterocycles. The summed E-state index contributed by atoms with van der Waals surface area (Å²) in [4.78, 5) is 4.77. The first-order valence-corrected chi connectivity index (χ1v) is 7.79. The van der Waals surface area contributed by atoms with Gasteiger partial charge in [-0.2, -0.15) is 0 Å². The lowest BCUT2D eigenvalue weighted by atomic mass is 10.0. The monoisotopic (exact) mass is 275 g/mol. The van der Waals surface area contributed by atoms with Gasteiger partial charge in [0.2, 0.25) is 0 Å². The molecule has 3 nitrogen and oxygen atoms in total. The third-order valence-corrected chi connectivity index (χ3v) is 4.08. The lowest BCUT2D eigenvalue weighted by Crippen LogP contribution is -2.42. The van der Waals surface area contributed by atoms with Gasteiger partial charge in [0.1, 0.15) is 0 Å². The van der Waals surface area contributed by atoms with Gasteiger partial charge in [-0.3, -0.25) is 0 Å². The lowest BCUT2D eigenvalue weighted by Gasteiger charge is -2.35. The summed E-state index contributed by atoms with van der Waals surface area (Å²) in [6.07, 6.45) is 2.50. The van der Waals surface area contributed by atoms with Crippen molar-refractivity contribution >= 4 is 5.69 Å². The Morgan fingerprint density at radius 2 is 1.75 bits per heavy atom. The average molecular weight is 275 g/mol. The smallest absolute Gasteiger partial charge is 0.0342 e. The van der Waals surface area contributed by atoms with Gasteiger partial charge in [-0.1, -0.05) is 12.1 Å². The number of hydrogen-bond donors (Lipinski definition) is 1. The Kier molecular flexibility index (Phi) is 5.44. The molecule has 1 fully saturated rings. The van der Waals surface area contributed by atoms with Crippen molar-refractivity contribution in [2.45, 2.75) is 45.3 Å². The fourth-order valence-corrected chi connectivity index (χ4v) is 2.87. The number of hydrogen-bond acceptors (Lipinski definition) is 3. The van der Waals surface area contributed by atoms with E-state index in [4.69, 9.17) is 0 Å². The van der Waals surface area contributed by atoms with Crippen LogP contribution >= 0.6 is 0 Å². The van der Waals surface area contributed by atoms with Crippen LogP contribution in [-0.4, -0.2) is 49.1 Å². The van der Waals surface area contributed by atoms with E-state index >= 15 is 0 Å². The minimum absolute atomic E-state index is 0.629. The summed E-state index contributed by atoms with van der Waals surface area (Å²) in [5.74, 6) is 0. The van der Waals surface area contributed by atoms with Crippen molar-refractivity contribution in [2.24, 2.45) is 0 Å². The van der Waals surface area contributed by atoms with Gasteiger partial charge in [0, 0.05) is 37.4 Å². The van der Waals surface area contributed by atoms with Crippen molar-refractivity contribution in [3.63, 3.8) is 0 Å². The highest BCUT2D eigenvalue weighted by Gasteiger charge is 2.20. The minimum atomic E-state index is 0.629. The van der Waals surface area contributed by atoms with E-state index in [1.807, 2.05) is 0 Å². The molecule has 1 aliphatic heterocycles. The van der Waals surface area contributed by atoms with Crippen molar-refractivity contribution in [1.82, 2.24) is 9.80 Å². The maximum Gasteiger partial charge on any atom is 0.0342 e. The molecule has 0 spiro atoms. The summed E-state index contributed by atoms with van der Waals surface area (Å²) in [7, 11) is 4.21. The van der Waals surface area contributed by atoms with E-state index in [0.29, 0.717) is 12.1 Å². The summed E-state index contributed by atoms with van der Waals surface area (Å²) in [5.41, 5.74) is 2.63. The molecule has 0 aromatic heterocycles. The topological polar surface area (TPSA) is 18.5 Å². The number of nitrogens with zero attached hydrogens (tertiary/aromatic N) is 2. The van der Waals surface area contributed by atoms with Crippen LogP contribution in [0.25, 0.3) is 0 Å². The Bertz CT molecular complexity index is 389. The highest BCUT2D eigenvalue weighted by Crippen LogP contribution is 2.18. The molecule has 0 amide bonds. The number of nitrogens with one attached hydrogen (secondary N) is 1. The van der Waals surface area contributed by atoms with Crippen LogP contribution in [0.5, 0.6) is 0 Å². The molecular weight excluding hydrogens is 246 g/mol. The largest absolute Gasteiger partial charge is 0.382 e. The van der Waals surface area contributed by atoms with E-state index in [-0.39, 0.29) is 0 Å². The van der Waals surface area contributed by atoms with Gasteiger partial charge >= 0.3 is 0 Å². The SMILES string of the molecule is CC(C)N1CCC(Nc2ccc(CN(C)C)cc2)CC1. The lowest BCUT2D eigenvalue weighted by molar-refractivity contribution is 0.177. The van der Waals surface area contributed by atoms with Gasteiger partial charge in [0.25, 0.3) is 0 Å². The number of piperidine rings is 1. The molecule has 112 valence electrons. The van der Waals surface area contributed by atoms with E-state index in [9.17, 15) is 0 Å². The first-order valence-electron chi connectivity index (χ1n) is 7.79. The Hall–Kier alpha value is -1.06. The van der Waals surface area contributed by atoms with Crippen LogP contribution in [0, 0.1) is 0 Å². The second kappa shape index (κ2) is 7.09. The standard InChI is InChI=1S/C17H29N3/c1-14(2)20-11-9-17(10-12-20)18-16-7-5-15(6-8-16)13-19(3)4/h5-8,14,17-18H,9-13H2,1-4H3. The molecular formula is C17H29N3. The predicted molar refractivity (Wildman–Crippen MR) is 87.2 cm³/mol. The third-order valence-electron chi connectivity index (χ3n) is 4.08. The van der Waals surface area contributed by atoms with Gasteiger partial charge < -0.3 is 15.1 Å². The maximum atomic E-state index is 3.68. The highest BCUT2D eigenvalue weighted by molar-refractivity contribution is 5.45. The van der Waals surface area contributed by atoms with E-state index in [1.54, 1.807) is 0 Å². The zero-order valence-electron chi connectivity index (χ0n) is 13.4. The molecule has 3 heteroatoms. The van der Waals surface area contributed by atoms with Crippen LogP contribution in [0.2, 0.25) is 0 Å². The normalized spacial score (nSPS) is 17.9. The van der Waals surface area contributed by atoms with E-state index in [2.05, 4.69) is 67.3 Å². The molecule has 20 heavy (non-hydrogen) atoms. The van der Waals surface area contributed by atoms with Gasteiger partial charge in [0.05, 0.1) is 0 Å². The van der Waals surface area contributed by atoms with Crippen LogP contribution in [0.3, 0.4) is 0 Å². The van der Waals surface area contributed by atoms with Gasteiger partial charge in [0.15, 0.2) is 0 Å². The Morgan fingerprint density at radius 1 is 1.15 bits per heavy atom. The van der Waals surface area contributed by atoms with E-state index < -0.39 is 0 Å². The predicted octanol–water partition coefficient (Wildman–Crippen LogP) is 3.03. The Labute approximate surface area is 124 Å². The van der Waals surface area contributed by atoms with Crippen molar-refractivity contribution < 1.29 is 0 Å². The molecule has 0 radical (unpaired) electrons. The first kappa shape index (κ1) is 15.3. The average Bonchev–Trinajstić information content (AvgIpc) is 2.41. The fraction of sp³-hybridized carbons (Fsp3) is 0.647. The van der Waals surface area contributed by atoms with Crippen molar-refractivity contribution in [3.8, 4) is 0 Å². The number of rotatable bonds is 5. The van der Waals surface area contributed by atoms with Crippen LogP contribution in [0.4, 0.5) is 5.69 Å². The quantitative estimate of drug-likeness (QED) is 0.891. The summed E-state index contributed by atoms with van der Waals surface area (Å²) < 4.78 is 0. The van der Waals surface area contributed by atoms with Gasteiger partial charge in [-0.15, -0.1) is 0 Å². The molecule has 1 N–H and O–H groups in total. The fourth-order valence-electron chi connectivity index (χ4n) is 2.87. The van der Waals surface area contributed by atoms with Crippen LogP contribution in [0.15, 0.2) is 24.3 Å². The molecule has 1 aliphatic rings. The van der Waals surface area contributed by atoms with Gasteiger partial charge in [-0.05, 0) is 58.5 Å². The molecule has 1 aromatic carbocycles. The molecule has 1 aromatic rings. The summed E-state index contributed by atoms with van der Waals surface area (Å²) in [6.45, 7) is 8.02. The number of benzene rings is 1. The molecule has 0 saturated carbocycles. The second-order valence-corrected chi connectivity index (χ2v) is 6.48. The highest BCUT2D eigenvalue weighted by atomic mass is 15.2. The van der Waals surface area contributed by atoms with E-state index in [1.165, 1.54) is 37.2 Å². The molecule has 0 bridgehead atoms. The van der Waals surface area contributed by atoms with Crippen molar-refractivity contribution in [1.29, 1.82) is 0 Å². The van der Waals surface area contributed by atoms with Crippen molar-refractivity contribution in [3.05, 3.63) is 29.8 Å². The van der Waals surface area contributed by atoms with E-state index in [0.717, 1.165) is 6.54 Å².